The summed E-state index contributed by atoms with van der Waals surface area (Å²) in [7, 11) is 4.78. The van der Waals surface area contributed by atoms with E-state index in [1.54, 1.807) is 27.4 Å². The fraction of sp³-hybridized carbons (Fsp3) is 0.348. The van der Waals surface area contributed by atoms with Gasteiger partial charge >= 0.3 is 0 Å². The molecule has 1 unspecified atom stereocenters. The van der Waals surface area contributed by atoms with Crippen LogP contribution in [0.4, 0.5) is 0 Å². The van der Waals surface area contributed by atoms with Crippen LogP contribution in [0, 0.1) is 0 Å². The first-order valence-electron chi connectivity index (χ1n) is 9.23. The summed E-state index contributed by atoms with van der Waals surface area (Å²) < 4.78 is 22.6. The Bertz CT molecular complexity index is 892. The Hall–Kier alpha value is -2.95. The molecule has 0 saturated carbocycles. The number of Topliss-reactive ketones (excluding diaryl/α,β-unsaturated/α-hetero) is 1. The summed E-state index contributed by atoms with van der Waals surface area (Å²) in [6.45, 7) is 4.07. The van der Waals surface area contributed by atoms with E-state index in [9.17, 15) is 4.79 Å². The molecule has 1 aliphatic rings. The van der Waals surface area contributed by atoms with Crippen molar-refractivity contribution in [2.75, 3.05) is 21.3 Å². The van der Waals surface area contributed by atoms with Crippen LogP contribution in [0.3, 0.4) is 0 Å². The molecule has 0 fully saturated rings. The predicted molar refractivity (Wildman–Crippen MR) is 108 cm³/mol. The number of hydrogen-bond acceptors (Lipinski definition) is 5. The number of carbonyl (C=O) groups excluding carboxylic acids is 1. The SMILES string of the molecule is COc1ccc(C2CC(=O)c3c(OC)cc(OC)c(CC=C(C)C)c3O2)cc1. The maximum Gasteiger partial charge on any atom is 0.174 e. The molecule has 0 saturated heterocycles. The minimum Gasteiger partial charge on any atom is -0.497 e. The van der Waals surface area contributed by atoms with Gasteiger partial charge in [-0.3, -0.25) is 4.79 Å². The summed E-state index contributed by atoms with van der Waals surface area (Å²) in [6, 6.07) is 9.36. The van der Waals surface area contributed by atoms with E-state index in [1.807, 2.05) is 38.1 Å². The van der Waals surface area contributed by atoms with E-state index in [1.165, 1.54) is 5.57 Å². The van der Waals surface area contributed by atoms with Crippen LogP contribution in [-0.4, -0.2) is 27.1 Å². The van der Waals surface area contributed by atoms with Crippen molar-refractivity contribution in [3.8, 4) is 23.0 Å². The molecule has 3 rings (SSSR count). The zero-order chi connectivity index (χ0) is 20.3. The lowest BCUT2D eigenvalue weighted by Crippen LogP contribution is -2.22. The van der Waals surface area contributed by atoms with Crippen LogP contribution < -0.4 is 18.9 Å². The van der Waals surface area contributed by atoms with Gasteiger partial charge in [-0.2, -0.15) is 0 Å². The first-order valence-corrected chi connectivity index (χ1v) is 9.23. The van der Waals surface area contributed by atoms with E-state index in [2.05, 4.69) is 6.08 Å². The number of carbonyl (C=O) groups is 1. The van der Waals surface area contributed by atoms with E-state index < -0.39 is 0 Å². The summed E-state index contributed by atoms with van der Waals surface area (Å²) in [5.41, 5.74) is 3.45. The lowest BCUT2D eigenvalue weighted by molar-refractivity contribution is 0.0842. The van der Waals surface area contributed by atoms with E-state index in [0.717, 1.165) is 16.9 Å². The van der Waals surface area contributed by atoms with Crippen LogP contribution in [-0.2, 0) is 6.42 Å². The van der Waals surface area contributed by atoms with E-state index in [-0.39, 0.29) is 18.3 Å². The zero-order valence-corrected chi connectivity index (χ0v) is 17.0. The van der Waals surface area contributed by atoms with Crippen LogP contribution in [0.1, 0.15) is 47.9 Å². The molecule has 148 valence electrons. The molecular formula is C23H26O5. The van der Waals surface area contributed by atoms with Crippen molar-refractivity contribution >= 4 is 5.78 Å². The molecule has 0 bridgehead atoms. The van der Waals surface area contributed by atoms with Crippen LogP contribution in [0.2, 0.25) is 0 Å². The summed E-state index contributed by atoms with van der Waals surface area (Å²) in [4.78, 5) is 13.0. The van der Waals surface area contributed by atoms with Gasteiger partial charge in [0.05, 0.1) is 27.8 Å². The van der Waals surface area contributed by atoms with Crippen molar-refractivity contribution in [3.05, 3.63) is 58.7 Å². The van der Waals surface area contributed by atoms with Crippen molar-refractivity contribution in [1.82, 2.24) is 0 Å². The van der Waals surface area contributed by atoms with Crippen LogP contribution in [0.25, 0.3) is 0 Å². The third kappa shape index (κ3) is 3.84. The Morgan fingerprint density at radius 2 is 1.75 bits per heavy atom. The summed E-state index contributed by atoms with van der Waals surface area (Å²) >= 11 is 0. The van der Waals surface area contributed by atoms with Crippen LogP contribution >= 0.6 is 0 Å². The molecule has 0 radical (unpaired) electrons. The highest BCUT2D eigenvalue weighted by molar-refractivity contribution is 6.03. The molecule has 2 aromatic carbocycles. The molecule has 0 aromatic heterocycles. The van der Waals surface area contributed by atoms with Gasteiger partial charge in [0.1, 0.15) is 34.7 Å². The van der Waals surface area contributed by atoms with Gasteiger partial charge in [0.25, 0.3) is 0 Å². The maximum atomic E-state index is 13.0. The standard InChI is InChI=1S/C23H26O5/c1-14(2)6-11-17-20(26-4)13-21(27-5)22-18(24)12-19(28-23(17)22)15-7-9-16(25-3)10-8-15/h6-10,13,19H,11-12H2,1-5H3. The molecule has 0 spiro atoms. The number of methoxy groups -OCH3 is 3. The third-order valence-corrected chi connectivity index (χ3v) is 4.86. The lowest BCUT2D eigenvalue weighted by Gasteiger charge is -2.29. The van der Waals surface area contributed by atoms with Crippen molar-refractivity contribution in [3.63, 3.8) is 0 Å². The molecule has 2 aromatic rings. The largest absolute Gasteiger partial charge is 0.497 e. The highest BCUT2D eigenvalue weighted by atomic mass is 16.5. The highest BCUT2D eigenvalue weighted by Crippen LogP contribution is 2.46. The Balaban J connectivity index is 2.09. The molecule has 0 N–H and O–H groups in total. The molecule has 28 heavy (non-hydrogen) atoms. The predicted octanol–water partition coefficient (Wildman–Crippen LogP) is 4.93. The summed E-state index contributed by atoms with van der Waals surface area (Å²) in [5, 5.41) is 0. The Morgan fingerprint density at radius 3 is 2.32 bits per heavy atom. The van der Waals surface area contributed by atoms with Gasteiger partial charge in [-0.25, -0.2) is 0 Å². The Morgan fingerprint density at radius 1 is 1.07 bits per heavy atom. The summed E-state index contributed by atoms with van der Waals surface area (Å²) in [5.74, 6) is 2.44. The van der Waals surface area contributed by atoms with Gasteiger partial charge in [0.2, 0.25) is 0 Å². The second kappa shape index (κ2) is 8.38. The zero-order valence-electron chi connectivity index (χ0n) is 17.0. The molecule has 0 amide bonds. The molecule has 1 aliphatic heterocycles. The van der Waals surface area contributed by atoms with Gasteiger partial charge in [-0.1, -0.05) is 23.8 Å². The van der Waals surface area contributed by atoms with Crippen molar-refractivity contribution in [2.45, 2.75) is 32.8 Å². The Labute approximate surface area is 165 Å². The van der Waals surface area contributed by atoms with E-state index >= 15 is 0 Å². The number of ketones is 1. The number of fused-ring (bicyclic) bond motifs is 1. The van der Waals surface area contributed by atoms with Gasteiger partial charge in [-0.05, 0) is 38.0 Å². The average molecular weight is 382 g/mol. The number of benzene rings is 2. The second-order valence-electron chi connectivity index (χ2n) is 6.96. The van der Waals surface area contributed by atoms with Gasteiger partial charge in [-0.15, -0.1) is 0 Å². The van der Waals surface area contributed by atoms with E-state index in [0.29, 0.717) is 29.2 Å². The molecular weight excluding hydrogens is 356 g/mol. The lowest BCUT2D eigenvalue weighted by atomic mass is 9.92. The quantitative estimate of drug-likeness (QED) is 0.663. The van der Waals surface area contributed by atoms with Crippen molar-refractivity contribution in [1.29, 1.82) is 0 Å². The smallest absolute Gasteiger partial charge is 0.174 e. The van der Waals surface area contributed by atoms with Gasteiger partial charge < -0.3 is 18.9 Å². The minimum absolute atomic E-state index is 0.0000196. The third-order valence-electron chi connectivity index (χ3n) is 4.86. The molecule has 1 atom stereocenters. The van der Waals surface area contributed by atoms with Gasteiger partial charge in [0, 0.05) is 11.6 Å². The Kier molecular flexibility index (Phi) is 5.93. The molecule has 5 heteroatoms. The minimum atomic E-state index is -0.367. The first-order chi connectivity index (χ1) is 13.5. The fourth-order valence-electron chi connectivity index (χ4n) is 3.35. The first kappa shape index (κ1) is 19.8. The normalized spacial score (nSPS) is 15.3. The molecule has 1 heterocycles. The monoisotopic (exact) mass is 382 g/mol. The molecule has 0 aliphatic carbocycles. The van der Waals surface area contributed by atoms with Crippen LogP contribution in [0.5, 0.6) is 23.0 Å². The van der Waals surface area contributed by atoms with Crippen LogP contribution in [0.15, 0.2) is 42.0 Å². The maximum absolute atomic E-state index is 13.0. The number of ether oxygens (including phenoxy) is 4. The van der Waals surface area contributed by atoms with Crippen molar-refractivity contribution in [2.24, 2.45) is 0 Å². The van der Waals surface area contributed by atoms with Gasteiger partial charge in [0.15, 0.2) is 5.78 Å². The summed E-state index contributed by atoms with van der Waals surface area (Å²) in [6.07, 6.45) is 2.59. The number of hydrogen-bond donors (Lipinski definition) is 0. The fourth-order valence-corrected chi connectivity index (χ4v) is 3.35. The molecule has 5 nitrogen and oxygen atoms in total. The average Bonchev–Trinajstić information content (AvgIpc) is 2.71. The van der Waals surface area contributed by atoms with Crippen molar-refractivity contribution < 1.29 is 23.7 Å². The highest BCUT2D eigenvalue weighted by Gasteiger charge is 2.34. The number of allylic oxidation sites excluding steroid dienone is 2. The topological polar surface area (TPSA) is 54.0 Å². The number of rotatable bonds is 6. The second-order valence-corrected chi connectivity index (χ2v) is 6.96. The van der Waals surface area contributed by atoms with E-state index in [4.69, 9.17) is 18.9 Å².